The Balaban J connectivity index is 2.18. The highest BCUT2D eigenvalue weighted by molar-refractivity contribution is 9.10. The molecular weight excluding hydrogens is 324 g/mol. The van der Waals surface area contributed by atoms with Crippen LogP contribution in [0, 0.1) is 6.92 Å². The standard InChI is InChI=1S/C16H16BrClO/c1-11-6-7-13(10-16(11)19-2)15(18)9-12-4-3-5-14(17)8-12/h3-8,10,15H,9H2,1-2H3. The number of ether oxygens (including phenoxy) is 1. The zero-order chi connectivity index (χ0) is 13.8. The van der Waals surface area contributed by atoms with Crippen molar-refractivity contribution in [1.82, 2.24) is 0 Å². The van der Waals surface area contributed by atoms with E-state index in [-0.39, 0.29) is 5.38 Å². The van der Waals surface area contributed by atoms with Gasteiger partial charge in [-0.3, -0.25) is 0 Å². The van der Waals surface area contributed by atoms with E-state index in [2.05, 4.69) is 34.1 Å². The minimum Gasteiger partial charge on any atom is -0.496 e. The van der Waals surface area contributed by atoms with Crippen molar-refractivity contribution >= 4 is 27.5 Å². The number of hydrogen-bond donors (Lipinski definition) is 0. The molecule has 1 nitrogen and oxygen atoms in total. The van der Waals surface area contributed by atoms with Gasteiger partial charge in [-0.05, 0) is 48.2 Å². The zero-order valence-corrected chi connectivity index (χ0v) is 13.3. The summed E-state index contributed by atoms with van der Waals surface area (Å²) in [5.74, 6) is 0.886. The van der Waals surface area contributed by atoms with Crippen LogP contribution in [0.1, 0.15) is 22.1 Å². The minimum atomic E-state index is -0.0520. The molecule has 0 saturated heterocycles. The van der Waals surface area contributed by atoms with Crippen molar-refractivity contribution in [1.29, 1.82) is 0 Å². The highest BCUT2D eigenvalue weighted by Gasteiger charge is 2.11. The Morgan fingerprint density at radius 2 is 2.00 bits per heavy atom. The number of rotatable bonds is 4. The quantitative estimate of drug-likeness (QED) is 0.688. The topological polar surface area (TPSA) is 9.23 Å². The summed E-state index contributed by atoms with van der Waals surface area (Å²) in [5.41, 5.74) is 3.43. The first kappa shape index (κ1) is 14.4. The van der Waals surface area contributed by atoms with Gasteiger partial charge in [0.15, 0.2) is 0 Å². The third kappa shape index (κ3) is 3.74. The van der Waals surface area contributed by atoms with Crippen LogP contribution in [0.25, 0.3) is 0 Å². The largest absolute Gasteiger partial charge is 0.496 e. The van der Waals surface area contributed by atoms with E-state index in [1.54, 1.807) is 7.11 Å². The monoisotopic (exact) mass is 338 g/mol. The van der Waals surface area contributed by atoms with Gasteiger partial charge >= 0.3 is 0 Å². The Labute approximate surface area is 127 Å². The maximum Gasteiger partial charge on any atom is 0.122 e. The predicted molar refractivity (Wildman–Crippen MR) is 84.2 cm³/mol. The SMILES string of the molecule is COc1cc(C(Cl)Cc2cccc(Br)c2)ccc1C. The van der Waals surface area contributed by atoms with E-state index in [4.69, 9.17) is 16.3 Å². The van der Waals surface area contributed by atoms with E-state index in [0.29, 0.717) is 0 Å². The van der Waals surface area contributed by atoms with E-state index in [1.165, 1.54) is 5.56 Å². The van der Waals surface area contributed by atoms with Gasteiger partial charge in [-0.1, -0.05) is 40.2 Å². The fraction of sp³-hybridized carbons (Fsp3) is 0.250. The molecule has 1 atom stereocenters. The van der Waals surface area contributed by atoms with Gasteiger partial charge < -0.3 is 4.74 Å². The van der Waals surface area contributed by atoms with E-state index < -0.39 is 0 Å². The molecule has 0 saturated carbocycles. The smallest absolute Gasteiger partial charge is 0.122 e. The molecule has 0 fully saturated rings. The Morgan fingerprint density at radius 3 is 2.68 bits per heavy atom. The van der Waals surface area contributed by atoms with Crippen molar-refractivity contribution in [3.05, 3.63) is 63.6 Å². The van der Waals surface area contributed by atoms with Crippen LogP contribution in [-0.4, -0.2) is 7.11 Å². The van der Waals surface area contributed by atoms with Gasteiger partial charge in [0, 0.05) is 4.47 Å². The van der Waals surface area contributed by atoms with Crippen molar-refractivity contribution < 1.29 is 4.74 Å². The molecule has 1 unspecified atom stereocenters. The van der Waals surface area contributed by atoms with Crippen LogP contribution in [0.15, 0.2) is 46.9 Å². The minimum absolute atomic E-state index is 0.0520. The fourth-order valence-corrected chi connectivity index (χ4v) is 2.78. The number of hydrogen-bond acceptors (Lipinski definition) is 1. The molecule has 0 heterocycles. The average Bonchev–Trinajstić information content (AvgIpc) is 2.39. The summed E-state index contributed by atoms with van der Waals surface area (Å²) in [6.45, 7) is 2.03. The summed E-state index contributed by atoms with van der Waals surface area (Å²) in [6, 6.07) is 14.4. The third-order valence-corrected chi connectivity index (χ3v) is 4.00. The van der Waals surface area contributed by atoms with Crippen LogP contribution in [0.4, 0.5) is 0 Å². The maximum absolute atomic E-state index is 6.50. The molecular formula is C16H16BrClO. The molecule has 0 radical (unpaired) electrons. The molecule has 3 heteroatoms. The van der Waals surface area contributed by atoms with Gasteiger partial charge in [-0.2, -0.15) is 0 Å². The lowest BCUT2D eigenvalue weighted by molar-refractivity contribution is 0.411. The second kappa shape index (κ2) is 6.44. The second-order valence-electron chi connectivity index (χ2n) is 4.53. The van der Waals surface area contributed by atoms with Crippen molar-refractivity contribution in [3.8, 4) is 5.75 Å². The molecule has 0 spiro atoms. The highest BCUT2D eigenvalue weighted by atomic mass is 79.9. The number of alkyl halides is 1. The van der Waals surface area contributed by atoms with Gasteiger partial charge in [0.05, 0.1) is 12.5 Å². The lowest BCUT2D eigenvalue weighted by Crippen LogP contribution is -1.97. The lowest BCUT2D eigenvalue weighted by atomic mass is 10.0. The van der Waals surface area contributed by atoms with Gasteiger partial charge in [0.2, 0.25) is 0 Å². The van der Waals surface area contributed by atoms with Crippen LogP contribution in [0.3, 0.4) is 0 Å². The Hall–Kier alpha value is -0.990. The lowest BCUT2D eigenvalue weighted by Gasteiger charge is -2.13. The summed E-state index contributed by atoms with van der Waals surface area (Å²) in [4.78, 5) is 0. The zero-order valence-electron chi connectivity index (χ0n) is 11.0. The average molecular weight is 340 g/mol. The molecule has 2 rings (SSSR count). The molecule has 0 aliphatic rings. The molecule has 2 aromatic rings. The Kier molecular flexibility index (Phi) is 4.89. The van der Waals surface area contributed by atoms with E-state index >= 15 is 0 Å². The molecule has 19 heavy (non-hydrogen) atoms. The molecule has 2 aromatic carbocycles. The highest BCUT2D eigenvalue weighted by Crippen LogP contribution is 2.30. The molecule has 0 aliphatic carbocycles. The number of halogens is 2. The molecule has 0 N–H and O–H groups in total. The van der Waals surface area contributed by atoms with Gasteiger partial charge in [-0.25, -0.2) is 0 Å². The molecule has 0 aliphatic heterocycles. The number of aryl methyl sites for hydroxylation is 1. The summed E-state index contributed by atoms with van der Waals surface area (Å²) < 4.78 is 6.42. The van der Waals surface area contributed by atoms with Crippen molar-refractivity contribution in [2.45, 2.75) is 18.7 Å². The number of benzene rings is 2. The van der Waals surface area contributed by atoms with Crippen LogP contribution in [0.5, 0.6) is 5.75 Å². The van der Waals surface area contributed by atoms with E-state index in [1.807, 2.05) is 31.2 Å². The molecule has 0 bridgehead atoms. The van der Waals surface area contributed by atoms with Crippen LogP contribution in [0.2, 0.25) is 0 Å². The van der Waals surface area contributed by atoms with E-state index in [0.717, 1.165) is 27.8 Å². The Morgan fingerprint density at radius 1 is 1.21 bits per heavy atom. The second-order valence-corrected chi connectivity index (χ2v) is 5.97. The van der Waals surface area contributed by atoms with Crippen LogP contribution < -0.4 is 4.74 Å². The third-order valence-electron chi connectivity index (χ3n) is 3.10. The van der Waals surface area contributed by atoms with Crippen LogP contribution >= 0.6 is 27.5 Å². The molecule has 100 valence electrons. The summed E-state index contributed by atoms with van der Waals surface area (Å²) >= 11 is 9.98. The maximum atomic E-state index is 6.50. The van der Waals surface area contributed by atoms with Gasteiger partial charge in [0.25, 0.3) is 0 Å². The van der Waals surface area contributed by atoms with Gasteiger partial charge in [0.1, 0.15) is 5.75 Å². The van der Waals surface area contributed by atoms with Crippen LogP contribution in [-0.2, 0) is 6.42 Å². The van der Waals surface area contributed by atoms with Crippen molar-refractivity contribution in [3.63, 3.8) is 0 Å². The summed E-state index contributed by atoms with van der Waals surface area (Å²) in [6.07, 6.45) is 0.799. The van der Waals surface area contributed by atoms with Gasteiger partial charge in [-0.15, -0.1) is 11.6 Å². The molecule has 0 amide bonds. The predicted octanol–water partition coefficient (Wildman–Crippen LogP) is 5.29. The first-order valence-electron chi connectivity index (χ1n) is 6.13. The first-order valence-corrected chi connectivity index (χ1v) is 7.36. The number of methoxy groups -OCH3 is 1. The van der Waals surface area contributed by atoms with E-state index in [9.17, 15) is 0 Å². The van der Waals surface area contributed by atoms with Crippen molar-refractivity contribution in [2.24, 2.45) is 0 Å². The first-order chi connectivity index (χ1) is 9.10. The summed E-state index contributed by atoms with van der Waals surface area (Å²) in [5, 5.41) is -0.0520. The Bertz CT molecular complexity index is 568. The summed E-state index contributed by atoms with van der Waals surface area (Å²) in [7, 11) is 1.68. The molecule has 0 aromatic heterocycles. The fourth-order valence-electron chi connectivity index (χ4n) is 2.02. The normalized spacial score (nSPS) is 12.2. The van der Waals surface area contributed by atoms with Crippen molar-refractivity contribution in [2.75, 3.05) is 7.11 Å².